The summed E-state index contributed by atoms with van der Waals surface area (Å²) in [5.41, 5.74) is 5.45. The first kappa shape index (κ1) is 12.8. The summed E-state index contributed by atoms with van der Waals surface area (Å²) in [4.78, 5) is 26.5. The largest absolute Gasteiger partial charge is 0.409 e. The lowest BCUT2D eigenvalue weighted by Crippen LogP contribution is -2.43. The molecule has 1 amide bonds. The molecule has 17 heavy (non-hydrogen) atoms. The van der Waals surface area contributed by atoms with Gasteiger partial charge in [0.25, 0.3) is 5.91 Å². The number of hydrogen-bond acceptors (Lipinski definition) is 4. The first-order valence-corrected chi connectivity index (χ1v) is 4.90. The lowest BCUT2D eigenvalue weighted by molar-refractivity contribution is 0.0776. The summed E-state index contributed by atoms with van der Waals surface area (Å²) >= 11 is 0. The van der Waals surface area contributed by atoms with Crippen molar-refractivity contribution in [2.24, 2.45) is 10.9 Å². The molecule has 1 atom stereocenters. The third-order valence-corrected chi connectivity index (χ3v) is 2.48. The van der Waals surface area contributed by atoms with Gasteiger partial charge in [0.05, 0.1) is 11.6 Å². The Hall–Kier alpha value is -2.31. The van der Waals surface area contributed by atoms with Crippen molar-refractivity contribution >= 4 is 11.7 Å². The molecule has 7 heteroatoms. The Morgan fingerprint density at radius 3 is 2.71 bits per heavy atom. The molecule has 1 rings (SSSR count). The van der Waals surface area contributed by atoms with Crippen LogP contribution in [0.1, 0.15) is 17.3 Å². The number of nitrogens with zero attached hydrogens (tertiary/aromatic N) is 2. The zero-order valence-corrected chi connectivity index (χ0v) is 9.54. The number of aromatic nitrogens is 1. The number of amides is 1. The van der Waals surface area contributed by atoms with Gasteiger partial charge in [-0.15, -0.1) is 0 Å². The topological polar surface area (TPSA) is 112 Å². The second-order valence-corrected chi connectivity index (χ2v) is 3.56. The van der Waals surface area contributed by atoms with Crippen molar-refractivity contribution in [3.05, 3.63) is 34.2 Å². The molecular weight excluding hydrogens is 224 g/mol. The Labute approximate surface area is 97.5 Å². The number of likely N-dealkylation sites (N-methyl/N-ethyl adjacent to an activating group) is 1. The van der Waals surface area contributed by atoms with E-state index in [9.17, 15) is 9.59 Å². The summed E-state index contributed by atoms with van der Waals surface area (Å²) in [5, 5.41) is 11.4. The van der Waals surface area contributed by atoms with Gasteiger partial charge in [0.1, 0.15) is 0 Å². The average molecular weight is 238 g/mol. The number of rotatable bonds is 3. The number of carbonyl (C=O) groups excluding carboxylic acids is 1. The van der Waals surface area contributed by atoms with Crippen LogP contribution in [0, 0.1) is 0 Å². The van der Waals surface area contributed by atoms with E-state index < -0.39 is 6.04 Å². The van der Waals surface area contributed by atoms with Crippen molar-refractivity contribution in [1.82, 2.24) is 9.88 Å². The molecule has 0 saturated carbocycles. The first-order valence-electron chi connectivity index (χ1n) is 4.90. The van der Waals surface area contributed by atoms with Crippen molar-refractivity contribution in [1.29, 1.82) is 0 Å². The van der Waals surface area contributed by atoms with E-state index in [0.717, 1.165) is 0 Å². The summed E-state index contributed by atoms with van der Waals surface area (Å²) in [7, 11) is 1.52. The molecule has 0 radical (unpaired) electrons. The van der Waals surface area contributed by atoms with Crippen molar-refractivity contribution in [3.63, 3.8) is 0 Å². The predicted molar refractivity (Wildman–Crippen MR) is 62.0 cm³/mol. The highest BCUT2D eigenvalue weighted by Crippen LogP contribution is 2.04. The Morgan fingerprint density at radius 1 is 1.59 bits per heavy atom. The fraction of sp³-hybridized carbons (Fsp3) is 0.300. The number of nitrogens with one attached hydrogen (secondary N) is 1. The number of aromatic amines is 1. The number of nitrogens with two attached hydrogens (primary N) is 1. The van der Waals surface area contributed by atoms with Gasteiger partial charge in [-0.25, -0.2) is 0 Å². The van der Waals surface area contributed by atoms with Crippen LogP contribution < -0.4 is 11.3 Å². The highest BCUT2D eigenvalue weighted by atomic mass is 16.4. The maximum absolute atomic E-state index is 11.9. The lowest BCUT2D eigenvalue weighted by atomic mass is 10.2. The Bertz CT molecular complexity index is 474. The second kappa shape index (κ2) is 5.15. The highest BCUT2D eigenvalue weighted by molar-refractivity contribution is 5.97. The normalized spacial score (nSPS) is 13.2. The summed E-state index contributed by atoms with van der Waals surface area (Å²) in [6.45, 7) is 1.62. The van der Waals surface area contributed by atoms with E-state index in [-0.39, 0.29) is 17.3 Å². The molecule has 0 fully saturated rings. The Kier molecular flexibility index (Phi) is 3.86. The van der Waals surface area contributed by atoms with Crippen molar-refractivity contribution in [2.45, 2.75) is 13.0 Å². The van der Waals surface area contributed by atoms with Gasteiger partial charge in [0, 0.05) is 19.3 Å². The SMILES string of the molecule is CC(/C(N)=N/O)N(C)C(=O)c1ccc(=O)[nH]c1. The average Bonchev–Trinajstić information content (AvgIpc) is 2.36. The third kappa shape index (κ3) is 2.83. The molecule has 1 heterocycles. The summed E-state index contributed by atoms with van der Waals surface area (Å²) in [5.74, 6) is -0.398. The van der Waals surface area contributed by atoms with Crippen LogP contribution in [0.2, 0.25) is 0 Å². The number of amidine groups is 1. The number of oxime groups is 1. The molecular formula is C10H14N4O3. The molecule has 4 N–H and O–H groups in total. The smallest absolute Gasteiger partial charge is 0.255 e. The van der Waals surface area contributed by atoms with Crippen molar-refractivity contribution < 1.29 is 10.0 Å². The van der Waals surface area contributed by atoms with Gasteiger partial charge in [-0.1, -0.05) is 5.16 Å². The van der Waals surface area contributed by atoms with Crippen molar-refractivity contribution in [2.75, 3.05) is 7.05 Å². The molecule has 7 nitrogen and oxygen atoms in total. The number of carbonyl (C=O) groups is 1. The Morgan fingerprint density at radius 2 is 2.24 bits per heavy atom. The van der Waals surface area contributed by atoms with E-state index in [0.29, 0.717) is 5.56 Å². The maximum Gasteiger partial charge on any atom is 0.255 e. The van der Waals surface area contributed by atoms with Gasteiger partial charge < -0.3 is 20.8 Å². The van der Waals surface area contributed by atoms with E-state index >= 15 is 0 Å². The summed E-state index contributed by atoms with van der Waals surface area (Å²) in [6, 6.07) is 2.13. The van der Waals surface area contributed by atoms with E-state index in [1.165, 1.54) is 30.3 Å². The molecule has 0 spiro atoms. The fourth-order valence-electron chi connectivity index (χ4n) is 1.21. The summed E-state index contributed by atoms with van der Waals surface area (Å²) in [6.07, 6.45) is 1.32. The maximum atomic E-state index is 11.9. The molecule has 1 aromatic heterocycles. The van der Waals surface area contributed by atoms with Crippen LogP contribution in [-0.2, 0) is 0 Å². The van der Waals surface area contributed by atoms with Gasteiger partial charge in [0.15, 0.2) is 5.84 Å². The molecule has 0 aliphatic rings. The van der Waals surface area contributed by atoms with Gasteiger partial charge in [-0.05, 0) is 13.0 Å². The molecule has 0 saturated heterocycles. The molecule has 92 valence electrons. The quantitative estimate of drug-likeness (QED) is 0.287. The number of H-pyrrole nitrogens is 1. The second-order valence-electron chi connectivity index (χ2n) is 3.56. The predicted octanol–water partition coefficient (Wildman–Crippen LogP) is -0.418. The monoisotopic (exact) mass is 238 g/mol. The van der Waals surface area contributed by atoms with Crippen LogP contribution in [-0.4, -0.2) is 39.9 Å². The van der Waals surface area contributed by atoms with Gasteiger partial charge in [-0.3, -0.25) is 9.59 Å². The van der Waals surface area contributed by atoms with Crippen LogP contribution in [0.25, 0.3) is 0 Å². The molecule has 0 aliphatic carbocycles. The first-order chi connectivity index (χ1) is 7.97. The minimum Gasteiger partial charge on any atom is -0.409 e. The molecule has 0 aromatic carbocycles. The Balaban J connectivity index is 2.90. The van der Waals surface area contributed by atoms with Crippen LogP contribution >= 0.6 is 0 Å². The van der Waals surface area contributed by atoms with Crippen LogP contribution in [0.3, 0.4) is 0 Å². The zero-order chi connectivity index (χ0) is 13.0. The third-order valence-electron chi connectivity index (χ3n) is 2.48. The van der Waals surface area contributed by atoms with E-state index in [1.54, 1.807) is 6.92 Å². The van der Waals surface area contributed by atoms with Gasteiger partial charge in [-0.2, -0.15) is 0 Å². The van der Waals surface area contributed by atoms with Gasteiger partial charge >= 0.3 is 0 Å². The number of pyridine rings is 1. The van der Waals surface area contributed by atoms with Crippen LogP contribution in [0.5, 0.6) is 0 Å². The summed E-state index contributed by atoms with van der Waals surface area (Å²) < 4.78 is 0. The molecule has 0 bridgehead atoms. The molecule has 1 unspecified atom stereocenters. The minimum absolute atomic E-state index is 0.0646. The lowest BCUT2D eigenvalue weighted by Gasteiger charge is -2.23. The van der Waals surface area contributed by atoms with Gasteiger partial charge in [0.2, 0.25) is 5.56 Å². The fourth-order valence-corrected chi connectivity index (χ4v) is 1.21. The van der Waals surface area contributed by atoms with E-state index in [2.05, 4.69) is 10.1 Å². The molecule has 1 aromatic rings. The standard InChI is InChI=1S/C10H14N4O3/c1-6(9(11)13-17)14(2)10(16)7-3-4-8(15)12-5-7/h3-6,17H,1-2H3,(H2,11,13)(H,12,15). The van der Waals surface area contributed by atoms with Crippen LogP contribution in [0.15, 0.2) is 28.3 Å². The zero-order valence-electron chi connectivity index (χ0n) is 9.54. The van der Waals surface area contributed by atoms with Crippen molar-refractivity contribution in [3.8, 4) is 0 Å². The highest BCUT2D eigenvalue weighted by Gasteiger charge is 2.20. The van der Waals surface area contributed by atoms with Crippen LogP contribution in [0.4, 0.5) is 0 Å². The number of hydrogen-bond donors (Lipinski definition) is 3. The molecule has 0 aliphatic heterocycles. The van der Waals surface area contributed by atoms with E-state index in [4.69, 9.17) is 10.9 Å². The minimum atomic E-state index is -0.542. The van der Waals surface area contributed by atoms with E-state index in [1.807, 2.05) is 0 Å².